The van der Waals surface area contributed by atoms with Crippen LogP contribution in [0.3, 0.4) is 0 Å². The van der Waals surface area contributed by atoms with Gasteiger partial charge in [0.15, 0.2) is 5.82 Å². The van der Waals surface area contributed by atoms with Gasteiger partial charge >= 0.3 is 0 Å². The second-order valence-corrected chi connectivity index (χ2v) is 9.20. The van der Waals surface area contributed by atoms with E-state index in [2.05, 4.69) is 20.6 Å². The maximum Gasteiger partial charge on any atom is 0.152 e. The first-order chi connectivity index (χ1) is 16.2. The van der Waals surface area contributed by atoms with Gasteiger partial charge in [0.1, 0.15) is 0 Å². The van der Waals surface area contributed by atoms with Crippen molar-refractivity contribution in [2.45, 2.75) is 44.6 Å². The molecule has 0 amide bonds. The lowest BCUT2D eigenvalue weighted by atomic mass is 9.93. The SMILES string of the molecule is COCCNC1CCC(=Nc2cc(-c3cc(NCC4CCOCC4)ccn3)c(Cl)cn2)CC1. The summed E-state index contributed by atoms with van der Waals surface area (Å²) < 4.78 is 10.6. The van der Waals surface area contributed by atoms with E-state index in [1.54, 1.807) is 13.3 Å². The van der Waals surface area contributed by atoms with Crippen molar-refractivity contribution in [3.8, 4) is 11.3 Å². The number of methoxy groups -OCH3 is 1. The zero-order valence-corrected chi connectivity index (χ0v) is 20.1. The number of pyridine rings is 2. The lowest BCUT2D eigenvalue weighted by Crippen LogP contribution is -2.35. The lowest BCUT2D eigenvalue weighted by molar-refractivity contribution is 0.0699. The monoisotopic (exact) mass is 471 g/mol. The fraction of sp³-hybridized carbons (Fsp3) is 0.560. The van der Waals surface area contributed by atoms with Gasteiger partial charge in [0.25, 0.3) is 0 Å². The molecule has 2 aromatic heterocycles. The summed E-state index contributed by atoms with van der Waals surface area (Å²) in [5, 5.41) is 7.68. The van der Waals surface area contributed by atoms with E-state index >= 15 is 0 Å². The summed E-state index contributed by atoms with van der Waals surface area (Å²) in [5.41, 5.74) is 3.93. The number of anilines is 1. The van der Waals surface area contributed by atoms with Crippen LogP contribution in [0.1, 0.15) is 38.5 Å². The van der Waals surface area contributed by atoms with Gasteiger partial charge in [-0.1, -0.05) is 11.6 Å². The van der Waals surface area contributed by atoms with Crippen molar-refractivity contribution >= 4 is 28.8 Å². The number of aromatic nitrogens is 2. The zero-order valence-electron chi connectivity index (χ0n) is 19.4. The maximum absolute atomic E-state index is 6.50. The predicted octanol–water partition coefficient (Wildman–Crippen LogP) is 4.89. The highest BCUT2D eigenvalue weighted by atomic mass is 35.5. The number of nitrogens with zero attached hydrogens (tertiary/aromatic N) is 3. The Bertz CT molecular complexity index is 923. The molecule has 1 saturated heterocycles. The number of aliphatic imine (C=N–C) groups is 1. The minimum atomic E-state index is 0.536. The lowest BCUT2D eigenvalue weighted by Gasteiger charge is -2.24. The second kappa shape index (κ2) is 12.4. The molecule has 33 heavy (non-hydrogen) atoms. The van der Waals surface area contributed by atoms with Gasteiger partial charge in [-0.05, 0) is 62.6 Å². The number of nitrogens with one attached hydrogen (secondary N) is 2. The van der Waals surface area contributed by atoms with E-state index in [0.717, 1.165) is 88.4 Å². The quantitative estimate of drug-likeness (QED) is 0.507. The van der Waals surface area contributed by atoms with Crippen molar-refractivity contribution in [2.24, 2.45) is 10.9 Å². The molecule has 8 heteroatoms. The van der Waals surface area contributed by atoms with Crippen molar-refractivity contribution in [3.63, 3.8) is 0 Å². The molecule has 0 radical (unpaired) electrons. The number of ether oxygens (including phenoxy) is 2. The summed E-state index contributed by atoms with van der Waals surface area (Å²) in [6.45, 7) is 4.30. The van der Waals surface area contributed by atoms with Crippen LogP contribution in [0, 0.1) is 5.92 Å². The van der Waals surface area contributed by atoms with E-state index in [9.17, 15) is 0 Å². The molecule has 7 nitrogen and oxygen atoms in total. The van der Waals surface area contributed by atoms with Gasteiger partial charge < -0.3 is 20.1 Å². The van der Waals surface area contributed by atoms with Crippen molar-refractivity contribution in [1.82, 2.24) is 15.3 Å². The first-order valence-corrected chi connectivity index (χ1v) is 12.3. The van der Waals surface area contributed by atoms with Crippen LogP contribution in [0.25, 0.3) is 11.3 Å². The predicted molar refractivity (Wildman–Crippen MR) is 134 cm³/mol. The van der Waals surface area contributed by atoms with E-state index in [-0.39, 0.29) is 0 Å². The Hall–Kier alpha value is -2.06. The summed E-state index contributed by atoms with van der Waals surface area (Å²) in [6, 6.07) is 6.53. The molecule has 0 spiro atoms. The van der Waals surface area contributed by atoms with Gasteiger partial charge in [0, 0.05) is 68.8 Å². The summed E-state index contributed by atoms with van der Waals surface area (Å²) in [7, 11) is 1.73. The number of hydrogen-bond acceptors (Lipinski definition) is 7. The number of rotatable bonds is 9. The Morgan fingerprint density at radius 1 is 1.15 bits per heavy atom. The number of hydrogen-bond donors (Lipinski definition) is 2. The largest absolute Gasteiger partial charge is 0.385 e. The first kappa shape index (κ1) is 24.1. The van der Waals surface area contributed by atoms with Crippen molar-refractivity contribution in [3.05, 3.63) is 35.6 Å². The zero-order chi connectivity index (χ0) is 22.9. The van der Waals surface area contributed by atoms with Crippen LogP contribution in [0.15, 0.2) is 35.6 Å². The molecule has 0 aromatic carbocycles. The summed E-state index contributed by atoms with van der Waals surface area (Å²) in [4.78, 5) is 13.8. The molecular formula is C25H34ClN5O2. The summed E-state index contributed by atoms with van der Waals surface area (Å²) >= 11 is 6.50. The van der Waals surface area contributed by atoms with Gasteiger partial charge in [-0.25, -0.2) is 9.98 Å². The smallest absolute Gasteiger partial charge is 0.152 e. The molecule has 2 N–H and O–H groups in total. The normalized spacial score (nSPS) is 19.5. The highest BCUT2D eigenvalue weighted by Crippen LogP contribution is 2.31. The Labute approximate surface area is 201 Å². The van der Waals surface area contributed by atoms with Gasteiger partial charge in [-0.15, -0.1) is 0 Å². The number of halogens is 1. The Kier molecular flexibility index (Phi) is 9.06. The van der Waals surface area contributed by atoms with E-state index < -0.39 is 0 Å². The van der Waals surface area contributed by atoms with Crippen LogP contribution in [0.5, 0.6) is 0 Å². The van der Waals surface area contributed by atoms with Gasteiger partial charge in [0.05, 0.1) is 17.3 Å². The van der Waals surface area contributed by atoms with Gasteiger partial charge in [-0.3, -0.25) is 4.98 Å². The van der Waals surface area contributed by atoms with Crippen molar-refractivity contribution in [2.75, 3.05) is 45.3 Å². The standard InChI is InChI=1S/C25H34ClN5O2/c1-32-13-10-27-19-2-4-20(5-3-19)31-25-15-22(23(26)17-30-25)24-14-21(6-9-28-24)29-16-18-7-11-33-12-8-18/h6,9,14-15,17-19,27H,2-5,7-8,10-13,16H2,1H3,(H,28,29). The molecule has 2 fully saturated rings. The molecule has 1 aliphatic carbocycles. The van der Waals surface area contributed by atoms with Crippen molar-refractivity contribution < 1.29 is 9.47 Å². The van der Waals surface area contributed by atoms with Gasteiger partial charge in [-0.2, -0.15) is 0 Å². The topological polar surface area (TPSA) is 80.7 Å². The molecule has 2 aliphatic rings. The van der Waals surface area contributed by atoms with E-state index in [4.69, 9.17) is 26.1 Å². The maximum atomic E-state index is 6.50. The molecule has 3 heterocycles. The summed E-state index contributed by atoms with van der Waals surface area (Å²) in [5.74, 6) is 1.34. The fourth-order valence-corrected chi connectivity index (χ4v) is 4.58. The van der Waals surface area contributed by atoms with Crippen molar-refractivity contribution in [1.29, 1.82) is 0 Å². The molecule has 0 bridgehead atoms. The van der Waals surface area contributed by atoms with Crippen LogP contribution >= 0.6 is 11.6 Å². The molecule has 1 aliphatic heterocycles. The Morgan fingerprint density at radius 2 is 1.97 bits per heavy atom. The Morgan fingerprint density at radius 3 is 2.76 bits per heavy atom. The third-order valence-corrected chi connectivity index (χ3v) is 6.69. The van der Waals surface area contributed by atoms with Gasteiger partial charge in [0.2, 0.25) is 0 Å². The molecule has 178 valence electrons. The fourth-order valence-electron chi connectivity index (χ4n) is 4.38. The molecule has 0 atom stereocenters. The molecule has 0 unspecified atom stereocenters. The van der Waals surface area contributed by atoms with Crippen LogP contribution in [0.4, 0.5) is 11.5 Å². The highest BCUT2D eigenvalue weighted by Gasteiger charge is 2.18. The first-order valence-electron chi connectivity index (χ1n) is 11.9. The minimum absolute atomic E-state index is 0.536. The molecule has 4 rings (SSSR count). The van der Waals surface area contributed by atoms with E-state index in [1.807, 2.05) is 24.4 Å². The molecule has 1 saturated carbocycles. The highest BCUT2D eigenvalue weighted by molar-refractivity contribution is 6.33. The second-order valence-electron chi connectivity index (χ2n) is 8.79. The molecule has 2 aromatic rings. The summed E-state index contributed by atoms with van der Waals surface area (Å²) in [6.07, 6.45) is 9.85. The third kappa shape index (κ3) is 7.21. The molecular weight excluding hydrogens is 438 g/mol. The van der Waals surface area contributed by atoms with E-state index in [1.165, 1.54) is 5.71 Å². The van der Waals surface area contributed by atoms with Crippen LogP contribution in [-0.4, -0.2) is 61.7 Å². The van der Waals surface area contributed by atoms with Crippen LogP contribution in [0.2, 0.25) is 5.02 Å². The van der Waals surface area contributed by atoms with Crippen LogP contribution < -0.4 is 10.6 Å². The third-order valence-electron chi connectivity index (χ3n) is 6.39. The van der Waals surface area contributed by atoms with Crippen LogP contribution in [-0.2, 0) is 9.47 Å². The average Bonchev–Trinajstić information content (AvgIpc) is 2.86. The average molecular weight is 472 g/mol. The minimum Gasteiger partial charge on any atom is -0.385 e. The Balaban J connectivity index is 1.39. The van der Waals surface area contributed by atoms with E-state index in [0.29, 0.717) is 22.8 Å².